The predicted molar refractivity (Wildman–Crippen MR) is 132 cm³/mol. The molecule has 2 heterocycles. The van der Waals surface area contributed by atoms with Gasteiger partial charge in [-0.1, -0.05) is 23.8 Å². The molecule has 0 aliphatic carbocycles. The van der Waals surface area contributed by atoms with E-state index < -0.39 is 10.0 Å². The molecule has 3 aromatic carbocycles. The number of piperazine rings is 1. The zero-order chi connectivity index (χ0) is 23.9. The topological polar surface area (TPSA) is 71.4 Å². The van der Waals surface area contributed by atoms with Crippen LogP contribution in [0, 0.1) is 13.8 Å². The first-order chi connectivity index (χ1) is 16.3. The van der Waals surface area contributed by atoms with Gasteiger partial charge in [0.25, 0.3) is 0 Å². The maximum absolute atomic E-state index is 13.2. The zero-order valence-corrected chi connectivity index (χ0v) is 20.3. The SMILES string of the molecule is COc1cccc(S(=O)(=O)N2CCN(C3=Nc4ccc(C)cc4Oc4ccc(C)cc43)CC2)c1. The number of sulfonamides is 1. The predicted octanol–water partition coefficient (Wildman–Crippen LogP) is 4.50. The summed E-state index contributed by atoms with van der Waals surface area (Å²) in [5, 5.41) is 0. The Bertz CT molecular complexity index is 1380. The van der Waals surface area contributed by atoms with Crippen LogP contribution in [0.3, 0.4) is 0 Å². The summed E-state index contributed by atoms with van der Waals surface area (Å²) in [4.78, 5) is 7.38. The monoisotopic (exact) mass is 477 g/mol. The Kier molecular flexibility index (Phi) is 5.79. The lowest BCUT2D eigenvalue weighted by Crippen LogP contribution is -2.50. The fourth-order valence-electron chi connectivity index (χ4n) is 4.29. The van der Waals surface area contributed by atoms with Gasteiger partial charge in [0.05, 0.1) is 17.6 Å². The lowest BCUT2D eigenvalue weighted by atomic mass is 10.1. The van der Waals surface area contributed by atoms with Gasteiger partial charge in [-0.25, -0.2) is 13.4 Å². The molecule has 8 heteroatoms. The molecule has 0 atom stereocenters. The van der Waals surface area contributed by atoms with Crippen molar-refractivity contribution in [2.75, 3.05) is 33.3 Å². The fourth-order valence-corrected chi connectivity index (χ4v) is 5.75. The number of benzene rings is 3. The molecule has 0 amide bonds. The van der Waals surface area contributed by atoms with Gasteiger partial charge in [0.15, 0.2) is 5.75 Å². The molecule has 7 nitrogen and oxygen atoms in total. The highest BCUT2D eigenvalue weighted by molar-refractivity contribution is 7.89. The zero-order valence-electron chi connectivity index (χ0n) is 19.5. The molecule has 0 N–H and O–H groups in total. The maximum Gasteiger partial charge on any atom is 0.243 e. The smallest absolute Gasteiger partial charge is 0.243 e. The molecule has 1 fully saturated rings. The Hall–Kier alpha value is -3.36. The van der Waals surface area contributed by atoms with Gasteiger partial charge in [0, 0.05) is 32.2 Å². The van der Waals surface area contributed by atoms with E-state index in [2.05, 4.69) is 11.0 Å². The van der Waals surface area contributed by atoms with Gasteiger partial charge in [-0.15, -0.1) is 0 Å². The van der Waals surface area contributed by atoms with Crippen molar-refractivity contribution in [1.29, 1.82) is 0 Å². The highest BCUT2D eigenvalue weighted by atomic mass is 32.2. The van der Waals surface area contributed by atoms with Crippen molar-refractivity contribution in [1.82, 2.24) is 9.21 Å². The number of ether oxygens (including phenoxy) is 2. The van der Waals surface area contributed by atoms with Crippen LogP contribution in [-0.2, 0) is 10.0 Å². The van der Waals surface area contributed by atoms with Crippen LogP contribution in [0.15, 0.2) is 70.6 Å². The van der Waals surface area contributed by atoms with Gasteiger partial charge in [0.2, 0.25) is 10.0 Å². The molecule has 0 radical (unpaired) electrons. The van der Waals surface area contributed by atoms with Crippen LogP contribution >= 0.6 is 0 Å². The van der Waals surface area contributed by atoms with Crippen molar-refractivity contribution >= 4 is 21.5 Å². The average Bonchev–Trinajstić information content (AvgIpc) is 3.00. The van der Waals surface area contributed by atoms with E-state index in [-0.39, 0.29) is 4.90 Å². The normalized spacial score (nSPS) is 16.1. The van der Waals surface area contributed by atoms with Crippen molar-refractivity contribution in [2.24, 2.45) is 4.99 Å². The van der Waals surface area contributed by atoms with Crippen molar-refractivity contribution in [3.63, 3.8) is 0 Å². The van der Waals surface area contributed by atoms with Crippen LogP contribution in [-0.4, -0.2) is 56.7 Å². The molecule has 2 aliphatic heterocycles. The fraction of sp³-hybridized carbons (Fsp3) is 0.269. The highest BCUT2D eigenvalue weighted by Gasteiger charge is 2.31. The van der Waals surface area contributed by atoms with E-state index in [0.717, 1.165) is 39.7 Å². The third-order valence-corrected chi connectivity index (χ3v) is 8.05. The molecule has 5 rings (SSSR count). The summed E-state index contributed by atoms with van der Waals surface area (Å²) < 4.78 is 39.5. The van der Waals surface area contributed by atoms with Crippen molar-refractivity contribution < 1.29 is 17.9 Å². The second kappa shape index (κ2) is 8.77. The minimum atomic E-state index is -3.61. The molecule has 0 spiro atoms. The molecule has 2 aliphatic rings. The molecule has 0 aromatic heterocycles. The Labute approximate surface area is 200 Å². The van der Waals surface area contributed by atoms with E-state index in [1.165, 1.54) is 11.4 Å². The van der Waals surface area contributed by atoms with Crippen LogP contribution < -0.4 is 9.47 Å². The number of fused-ring (bicyclic) bond motifs is 2. The standard InChI is InChI=1S/C26H27N3O4S/c1-18-8-10-24-22(15-18)26(27-23-9-7-19(2)16-25(23)33-24)28-11-13-29(14-12-28)34(30,31)21-6-4-5-20(17-21)32-3/h4-10,15-17H,11-14H2,1-3H3. The minimum Gasteiger partial charge on any atom is -0.497 e. The second-order valence-corrected chi connectivity index (χ2v) is 10.5. The number of nitrogens with zero attached hydrogens (tertiary/aromatic N) is 3. The lowest BCUT2D eigenvalue weighted by Gasteiger charge is -2.36. The number of hydrogen-bond acceptors (Lipinski definition) is 6. The molecule has 34 heavy (non-hydrogen) atoms. The van der Waals surface area contributed by atoms with Crippen LogP contribution in [0.4, 0.5) is 5.69 Å². The van der Waals surface area contributed by atoms with Crippen LogP contribution in [0.25, 0.3) is 0 Å². The van der Waals surface area contributed by atoms with E-state index >= 15 is 0 Å². The summed E-state index contributed by atoms with van der Waals surface area (Å²) in [7, 11) is -2.09. The largest absolute Gasteiger partial charge is 0.497 e. The number of rotatable bonds is 3. The summed E-state index contributed by atoms with van der Waals surface area (Å²) in [6, 6.07) is 18.6. The van der Waals surface area contributed by atoms with Gasteiger partial charge < -0.3 is 14.4 Å². The summed E-state index contributed by atoms with van der Waals surface area (Å²) in [5.74, 6) is 2.80. The van der Waals surface area contributed by atoms with Crippen molar-refractivity contribution in [3.05, 3.63) is 77.4 Å². The Morgan fingerprint density at radius 2 is 1.62 bits per heavy atom. The van der Waals surface area contributed by atoms with E-state index in [0.29, 0.717) is 31.9 Å². The first-order valence-corrected chi connectivity index (χ1v) is 12.7. The van der Waals surface area contributed by atoms with E-state index in [9.17, 15) is 8.42 Å². The van der Waals surface area contributed by atoms with E-state index in [1.54, 1.807) is 24.3 Å². The number of amidine groups is 1. The second-order valence-electron chi connectivity index (χ2n) is 8.58. The highest BCUT2D eigenvalue weighted by Crippen LogP contribution is 2.39. The molecule has 0 unspecified atom stereocenters. The maximum atomic E-state index is 13.2. The molecular formula is C26H27N3O4S. The van der Waals surface area contributed by atoms with E-state index in [1.807, 2.05) is 44.2 Å². The molecular weight excluding hydrogens is 450 g/mol. The molecule has 1 saturated heterocycles. The van der Waals surface area contributed by atoms with Gasteiger partial charge in [-0.2, -0.15) is 4.31 Å². The van der Waals surface area contributed by atoms with Gasteiger partial charge >= 0.3 is 0 Å². The van der Waals surface area contributed by atoms with Crippen LogP contribution in [0.2, 0.25) is 0 Å². The van der Waals surface area contributed by atoms with Gasteiger partial charge in [0.1, 0.15) is 23.0 Å². The van der Waals surface area contributed by atoms with Gasteiger partial charge in [-0.05, 0) is 55.8 Å². The van der Waals surface area contributed by atoms with Gasteiger partial charge in [-0.3, -0.25) is 0 Å². The van der Waals surface area contributed by atoms with Crippen LogP contribution in [0.5, 0.6) is 17.2 Å². The Morgan fingerprint density at radius 1 is 0.882 bits per heavy atom. The average molecular weight is 478 g/mol. The minimum absolute atomic E-state index is 0.241. The molecule has 3 aromatic rings. The summed E-state index contributed by atoms with van der Waals surface area (Å²) >= 11 is 0. The number of aliphatic imine (C=N–C) groups is 1. The summed E-state index contributed by atoms with van der Waals surface area (Å²) in [6.07, 6.45) is 0. The molecule has 176 valence electrons. The third-order valence-electron chi connectivity index (χ3n) is 6.15. The Morgan fingerprint density at radius 3 is 2.38 bits per heavy atom. The lowest BCUT2D eigenvalue weighted by molar-refractivity contribution is 0.266. The van der Waals surface area contributed by atoms with Crippen molar-refractivity contribution in [2.45, 2.75) is 18.7 Å². The molecule has 0 bridgehead atoms. The Balaban J connectivity index is 1.45. The molecule has 0 saturated carbocycles. The summed E-state index contributed by atoms with van der Waals surface area (Å²) in [6.45, 7) is 5.84. The van der Waals surface area contributed by atoms with Crippen molar-refractivity contribution in [3.8, 4) is 17.2 Å². The number of aryl methyl sites for hydroxylation is 2. The quantitative estimate of drug-likeness (QED) is 0.555. The third kappa shape index (κ3) is 4.15. The number of hydrogen-bond donors (Lipinski definition) is 0. The summed E-state index contributed by atoms with van der Waals surface area (Å²) in [5.41, 5.74) is 3.89. The first kappa shape index (κ1) is 22.4. The first-order valence-electron chi connectivity index (χ1n) is 11.2. The van der Waals surface area contributed by atoms with Crippen LogP contribution in [0.1, 0.15) is 16.7 Å². The van der Waals surface area contributed by atoms with E-state index in [4.69, 9.17) is 14.5 Å². The number of methoxy groups -OCH3 is 1.